The highest BCUT2D eigenvalue weighted by Crippen LogP contribution is 2.27. The van der Waals surface area contributed by atoms with Crippen LogP contribution in [-0.2, 0) is 19.5 Å². The number of aromatic amines is 1. The minimum atomic E-state index is -0.0244. The van der Waals surface area contributed by atoms with Crippen LogP contribution in [0.15, 0.2) is 55.0 Å². The lowest BCUT2D eigenvalue weighted by atomic mass is 10.0. The normalized spacial score (nSPS) is 15.6. The summed E-state index contributed by atoms with van der Waals surface area (Å²) in [6.45, 7) is 3.10. The molecule has 5 heterocycles. The smallest absolute Gasteiger partial charge is 0.274 e. The zero-order valence-electron chi connectivity index (χ0n) is 18.9. The van der Waals surface area contributed by atoms with Gasteiger partial charge in [-0.2, -0.15) is 5.10 Å². The molecule has 34 heavy (non-hydrogen) atoms. The molecule has 2 aliphatic heterocycles. The maximum atomic E-state index is 13.4. The molecule has 2 amide bonds. The summed E-state index contributed by atoms with van der Waals surface area (Å²) in [4.78, 5) is 37.8. The first-order chi connectivity index (χ1) is 16.7. The van der Waals surface area contributed by atoms with Crippen LogP contribution < -0.4 is 0 Å². The third kappa shape index (κ3) is 3.65. The Bertz CT molecular complexity index is 1370. The third-order valence-electron chi connectivity index (χ3n) is 6.90. The van der Waals surface area contributed by atoms with Gasteiger partial charge in [0.05, 0.1) is 13.1 Å². The Morgan fingerprint density at radius 1 is 0.941 bits per heavy atom. The molecule has 0 spiro atoms. The highest BCUT2D eigenvalue weighted by molar-refractivity contribution is 5.98. The predicted octanol–water partition coefficient (Wildman–Crippen LogP) is 3.24. The molecule has 0 radical (unpaired) electrons. The molecule has 0 atom stereocenters. The van der Waals surface area contributed by atoms with Gasteiger partial charge in [0.2, 0.25) is 0 Å². The van der Waals surface area contributed by atoms with Crippen LogP contribution in [0.5, 0.6) is 0 Å². The highest BCUT2D eigenvalue weighted by Gasteiger charge is 2.33. The molecule has 8 nitrogen and oxygen atoms in total. The molecule has 0 saturated carbocycles. The van der Waals surface area contributed by atoms with Gasteiger partial charge in [-0.05, 0) is 54.1 Å². The summed E-state index contributed by atoms with van der Waals surface area (Å²) in [5.74, 6) is -0.0482. The van der Waals surface area contributed by atoms with Crippen molar-refractivity contribution in [3.05, 3.63) is 83.1 Å². The molecule has 2 aliphatic rings. The van der Waals surface area contributed by atoms with Crippen molar-refractivity contribution >= 4 is 22.7 Å². The summed E-state index contributed by atoms with van der Waals surface area (Å²) in [5.41, 5.74) is 5.09. The van der Waals surface area contributed by atoms with Gasteiger partial charge in [0.1, 0.15) is 0 Å². The number of likely N-dealkylation sites (tertiary alicyclic amines) is 1. The number of nitrogens with zero attached hydrogens (tertiary/aromatic N) is 5. The zero-order chi connectivity index (χ0) is 23.1. The number of hydrogen-bond acceptors (Lipinski definition) is 4. The second kappa shape index (κ2) is 8.44. The van der Waals surface area contributed by atoms with Crippen molar-refractivity contribution in [3.8, 4) is 0 Å². The quantitative estimate of drug-likeness (QED) is 0.513. The molecular weight excluding hydrogens is 428 g/mol. The minimum Gasteiger partial charge on any atom is -0.361 e. The van der Waals surface area contributed by atoms with Gasteiger partial charge in [-0.1, -0.05) is 6.07 Å². The van der Waals surface area contributed by atoms with E-state index in [0.717, 1.165) is 53.7 Å². The largest absolute Gasteiger partial charge is 0.361 e. The Hall–Kier alpha value is -3.94. The zero-order valence-corrected chi connectivity index (χ0v) is 18.9. The fourth-order valence-corrected chi connectivity index (χ4v) is 5.06. The Morgan fingerprint density at radius 3 is 2.59 bits per heavy atom. The van der Waals surface area contributed by atoms with E-state index in [9.17, 15) is 9.59 Å². The summed E-state index contributed by atoms with van der Waals surface area (Å²) >= 11 is 0. The third-order valence-corrected chi connectivity index (χ3v) is 6.90. The van der Waals surface area contributed by atoms with Crippen molar-refractivity contribution in [2.45, 2.75) is 32.4 Å². The fourth-order valence-electron chi connectivity index (χ4n) is 5.06. The van der Waals surface area contributed by atoms with Crippen molar-refractivity contribution in [2.75, 3.05) is 19.6 Å². The van der Waals surface area contributed by atoms with Crippen LogP contribution in [0, 0.1) is 0 Å². The van der Waals surface area contributed by atoms with Gasteiger partial charge in [0, 0.05) is 67.0 Å². The number of fused-ring (bicyclic) bond motifs is 2. The summed E-state index contributed by atoms with van der Waals surface area (Å²) in [6.07, 6.45) is 8.12. The number of amides is 2. The molecule has 1 fully saturated rings. The molecule has 1 N–H and O–H groups in total. The van der Waals surface area contributed by atoms with Crippen molar-refractivity contribution in [3.63, 3.8) is 0 Å². The van der Waals surface area contributed by atoms with Crippen LogP contribution in [0.1, 0.15) is 50.5 Å². The van der Waals surface area contributed by atoms with Gasteiger partial charge in [0.25, 0.3) is 11.8 Å². The standard InChI is InChI=1S/C26H26N6O2/c33-25(20-4-3-19-7-11-28-22(19)15-20)31-14-8-23-21(17-31)24(26(34)30-12-1-2-13-30)29-32(23)16-18-5-9-27-10-6-18/h3-7,9-11,15,28H,1-2,8,12-14,16-17H2. The van der Waals surface area contributed by atoms with Crippen molar-refractivity contribution in [2.24, 2.45) is 0 Å². The van der Waals surface area contributed by atoms with Gasteiger partial charge in [-0.25, -0.2) is 0 Å². The number of carbonyl (C=O) groups excluding carboxylic acids is 2. The number of rotatable bonds is 4. The van der Waals surface area contributed by atoms with Gasteiger partial charge in [-0.15, -0.1) is 0 Å². The summed E-state index contributed by atoms with van der Waals surface area (Å²) in [5, 5.41) is 5.87. The number of aromatic nitrogens is 4. The van der Waals surface area contributed by atoms with E-state index in [1.54, 1.807) is 12.4 Å². The van der Waals surface area contributed by atoms with E-state index < -0.39 is 0 Å². The highest BCUT2D eigenvalue weighted by atomic mass is 16.2. The summed E-state index contributed by atoms with van der Waals surface area (Å²) in [6, 6.07) is 11.7. The first-order valence-electron chi connectivity index (χ1n) is 11.8. The second-order valence-corrected chi connectivity index (χ2v) is 9.04. The monoisotopic (exact) mass is 454 g/mol. The van der Waals surface area contributed by atoms with Gasteiger partial charge in [0.15, 0.2) is 5.69 Å². The minimum absolute atomic E-state index is 0.0238. The predicted molar refractivity (Wildman–Crippen MR) is 127 cm³/mol. The number of H-pyrrole nitrogens is 1. The van der Waals surface area contributed by atoms with Crippen LogP contribution in [0.2, 0.25) is 0 Å². The number of hydrogen-bond donors (Lipinski definition) is 1. The summed E-state index contributed by atoms with van der Waals surface area (Å²) < 4.78 is 1.95. The maximum Gasteiger partial charge on any atom is 0.274 e. The van der Waals surface area contributed by atoms with E-state index in [2.05, 4.69) is 9.97 Å². The molecule has 8 heteroatoms. The van der Waals surface area contributed by atoms with Crippen LogP contribution >= 0.6 is 0 Å². The van der Waals surface area contributed by atoms with Crippen LogP contribution in [0.25, 0.3) is 10.9 Å². The fraction of sp³-hybridized carbons (Fsp3) is 0.308. The number of pyridine rings is 1. The van der Waals surface area contributed by atoms with E-state index >= 15 is 0 Å². The lowest BCUT2D eigenvalue weighted by molar-refractivity contribution is 0.0722. The van der Waals surface area contributed by atoms with E-state index in [1.165, 1.54) is 0 Å². The molecule has 172 valence electrons. The van der Waals surface area contributed by atoms with Gasteiger partial charge in [-0.3, -0.25) is 19.3 Å². The van der Waals surface area contributed by atoms with E-state index in [-0.39, 0.29) is 11.8 Å². The Kier molecular flexibility index (Phi) is 5.13. The second-order valence-electron chi connectivity index (χ2n) is 9.04. The summed E-state index contributed by atoms with van der Waals surface area (Å²) in [7, 11) is 0. The molecule has 0 bridgehead atoms. The first-order valence-corrected chi connectivity index (χ1v) is 11.8. The molecule has 0 aliphatic carbocycles. The molecule has 1 saturated heterocycles. The van der Waals surface area contributed by atoms with E-state index in [0.29, 0.717) is 37.3 Å². The Labute approximate surface area is 197 Å². The Balaban J connectivity index is 1.33. The van der Waals surface area contributed by atoms with Crippen molar-refractivity contribution in [1.29, 1.82) is 0 Å². The van der Waals surface area contributed by atoms with Crippen molar-refractivity contribution < 1.29 is 9.59 Å². The maximum absolute atomic E-state index is 13.4. The molecule has 6 rings (SSSR count). The molecule has 1 aromatic carbocycles. The lowest BCUT2D eigenvalue weighted by Gasteiger charge is -2.28. The number of carbonyl (C=O) groups is 2. The Morgan fingerprint density at radius 2 is 1.76 bits per heavy atom. The van der Waals surface area contributed by atoms with Gasteiger partial charge >= 0.3 is 0 Å². The van der Waals surface area contributed by atoms with Crippen LogP contribution in [0.4, 0.5) is 0 Å². The van der Waals surface area contributed by atoms with Crippen LogP contribution in [0.3, 0.4) is 0 Å². The van der Waals surface area contributed by atoms with E-state index in [4.69, 9.17) is 5.10 Å². The molecule has 0 unspecified atom stereocenters. The number of nitrogens with one attached hydrogen (secondary N) is 1. The van der Waals surface area contributed by atoms with E-state index in [1.807, 2.05) is 57.1 Å². The molecule has 3 aromatic heterocycles. The molecular formula is C26H26N6O2. The SMILES string of the molecule is O=C(c1ccc2cc[nH]c2c1)N1CCc2c(c(C(=O)N3CCCC3)nn2Cc2ccncc2)C1. The average molecular weight is 455 g/mol. The first kappa shape index (κ1) is 20.7. The van der Waals surface area contributed by atoms with Crippen molar-refractivity contribution in [1.82, 2.24) is 29.5 Å². The number of benzene rings is 1. The van der Waals surface area contributed by atoms with Crippen LogP contribution in [-0.4, -0.2) is 61.0 Å². The van der Waals surface area contributed by atoms with Gasteiger partial charge < -0.3 is 14.8 Å². The topological polar surface area (TPSA) is 87.1 Å². The average Bonchev–Trinajstić information content (AvgIpc) is 3.63. The lowest BCUT2D eigenvalue weighted by Crippen LogP contribution is -2.37. The molecule has 4 aromatic rings.